The number of ether oxygens (including phenoxy) is 1. The van der Waals surface area contributed by atoms with Crippen LogP contribution in [0.1, 0.15) is 26.3 Å². The summed E-state index contributed by atoms with van der Waals surface area (Å²) >= 11 is 0. The summed E-state index contributed by atoms with van der Waals surface area (Å²) in [6.45, 7) is 5.95. The first-order chi connectivity index (χ1) is 9.52. The molecule has 0 fully saturated rings. The van der Waals surface area contributed by atoms with E-state index < -0.39 is 0 Å². The Kier molecular flexibility index (Phi) is 6.30. The van der Waals surface area contributed by atoms with Crippen molar-refractivity contribution in [3.63, 3.8) is 0 Å². The van der Waals surface area contributed by atoms with Crippen LogP contribution in [0.5, 0.6) is 5.75 Å². The second-order valence-electron chi connectivity index (χ2n) is 4.40. The van der Waals surface area contributed by atoms with Gasteiger partial charge in [-0.2, -0.15) is 0 Å². The van der Waals surface area contributed by atoms with E-state index in [0.717, 1.165) is 16.7 Å². The third kappa shape index (κ3) is 5.57. The van der Waals surface area contributed by atoms with Gasteiger partial charge in [-0.25, -0.2) is 4.79 Å². The van der Waals surface area contributed by atoms with Crippen LogP contribution < -0.4 is 0 Å². The number of hydrogen-bond acceptors (Lipinski definition) is 3. The Bertz CT molecular complexity index is 551. The molecule has 0 radical (unpaired) electrons. The Morgan fingerprint density at radius 2 is 2.10 bits per heavy atom. The maximum atomic E-state index is 11.2. The van der Waals surface area contributed by atoms with Gasteiger partial charge in [0.15, 0.2) is 0 Å². The molecule has 0 aliphatic heterocycles. The summed E-state index contributed by atoms with van der Waals surface area (Å²) < 4.78 is 4.83. The average Bonchev–Trinajstić information content (AvgIpc) is 2.38. The molecule has 0 aliphatic rings. The van der Waals surface area contributed by atoms with E-state index in [1.54, 1.807) is 25.1 Å². The smallest absolute Gasteiger partial charge is 0.330 e. The van der Waals surface area contributed by atoms with E-state index in [1.807, 2.05) is 38.1 Å². The minimum atomic E-state index is -0.330. The van der Waals surface area contributed by atoms with Gasteiger partial charge in [-0.1, -0.05) is 30.4 Å². The Balaban J connectivity index is 2.71. The molecule has 1 N–H and O–H groups in total. The van der Waals surface area contributed by atoms with Crippen molar-refractivity contribution in [2.24, 2.45) is 0 Å². The second-order valence-corrected chi connectivity index (χ2v) is 4.40. The van der Waals surface area contributed by atoms with Gasteiger partial charge >= 0.3 is 5.97 Å². The molecule has 0 aromatic heterocycles. The van der Waals surface area contributed by atoms with Crippen LogP contribution in [0, 0.1) is 0 Å². The van der Waals surface area contributed by atoms with Gasteiger partial charge in [-0.3, -0.25) is 0 Å². The van der Waals surface area contributed by atoms with Gasteiger partial charge in [0.25, 0.3) is 0 Å². The number of allylic oxidation sites excluding steroid dienone is 5. The molecule has 1 aromatic carbocycles. The maximum absolute atomic E-state index is 11.2. The summed E-state index contributed by atoms with van der Waals surface area (Å²) in [5, 5.41) is 9.42. The molecule has 20 heavy (non-hydrogen) atoms. The molecule has 0 aliphatic carbocycles. The van der Waals surface area contributed by atoms with E-state index in [9.17, 15) is 9.90 Å². The molecule has 0 bridgehead atoms. The fourth-order valence-corrected chi connectivity index (χ4v) is 1.61. The van der Waals surface area contributed by atoms with Crippen LogP contribution in [0.2, 0.25) is 0 Å². The largest absolute Gasteiger partial charge is 0.508 e. The molecule has 0 heterocycles. The van der Waals surface area contributed by atoms with Crippen molar-refractivity contribution in [3.8, 4) is 5.75 Å². The van der Waals surface area contributed by atoms with Crippen LogP contribution in [0.15, 0.2) is 54.1 Å². The van der Waals surface area contributed by atoms with Crippen molar-refractivity contribution in [3.05, 3.63) is 59.7 Å². The van der Waals surface area contributed by atoms with Crippen LogP contribution in [-0.4, -0.2) is 17.7 Å². The molecular weight excluding hydrogens is 252 g/mol. The summed E-state index contributed by atoms with van der Waals surface area (Å²) in [5.41, 5.74) is 2.81. The average molecular weight is 272 g/mol. The van der Waals surface area contributed by atoms with Crippen molar-refractivity contribution in [2.45, 2.75) is 20.8 Å². The summed E-state index contributed by atoms with van der Waals surface area (Å²) in [5.74, 6) is -0.0825. The lowest BCUT2D eigenvalue weighted by Crippen LogP contribution is -1.99. The molecule has 1 aromatic rings. The first-order valence-electron chi connectivity index (χ1n) is 6.52. The third-order valence-corrected chi connectivity index (χ3v) is 2.64. The van der Waals surface area contributed by atoms with Crippen molar-refractivity contribution < 1.29 is 14.6 Å². The van der Waals surface area contributed by atoms with E-state index in [0.29, 0.717) is 6.61 Å². The normalized spacial score (nSPS) is 12.8. The molecule has 0 saturated carbocycles. The summed E-state index contributed by atoms with van der Waals surface area (Å²) in [7, 11) is 0. The zero-order chi connectivity index (χ0) is 15.0. The van der Waals surface area contributed by atoms with Crippen LogP contribution in [-0.2, 0) is 9.53 Å². The Morgan fingerprint density at radius 1 is 1.35 bits per heavy atom. The molecule has 106 valence electrons. The molecule has 0 spiro atoms. The highest BCUT2D eigenvalue weighted by Gasteiger charge is 1.96. The van der Waals surface area contributed by atoms with Crippen molar-refractivity contribution in [1.82, 2.24) is 0 Å². The van der Waals surface area contributed by atoms with Crippen LogP contribution in [0.3, 0.4) is 0 Å². The number of benzene rings is 1. The highest BCUT2D eigenvalue weighted by Crippen LogP contribution is 2.18. The van der Waals surface area contributed by atoms with Gasteiger partial charge in [-0.05, 0) is 49.6 Å². The highest BCUT2D eigenvalue weighted by molar-refractivity contribution is 5.83. The van der Waals surface area contributed by atoms with E-state index in [4.69, 9.17) is 4.74 Å². The molecular formula is C17H20O3. The first-order valence-corrected chi connectivity index (χ1v) is 6.52. The topological polar surface area (TPSA) is 46.5 Å². The lowest BCUT2D eigenvalue weighted by molar-refractivity contribution is -0.137. The number of carbonyl (C=O) groups excluding carboxylic acids is 1. The quantitative estimate of drug-likeness (QED) is 0.503. The standard InChI is InChI=1S/C17H20O3/c1-4-20-17(19)11-13(2)7-5-8-14(3)15-9-6-10-16(18)12-15/h5-12,18H,4H2,1-3H3/b7-5+,13-11-,14-8+. The van der Waals surface area contributed by atoms with Crippen LogP contribution >= 0.6 is 0 Å². The minimum absolute atomic E-state index is 0.248. The van der Waals surface area contributed by atoms with E-state index in [1.165, 1.54) is 6.08 Å². The Morgan fingerprint density at radius 3 is 2.75 bits per heavy atom. The summed E-state index contributed by atoms with van der Waals surface area (Å²) in [4.78, 5) is 11.2. The van der Waals surface area contributed by atoms with Gasteiger partial charge < -0.3 is 9.84 Å². The van der Waals surface area contributed by atoms with Gasteiger partial charge in [-0.15, -0.1) is 0 Å². The lowest BCUT2D eigenvalue weighted by Gasteiger charge is -2.00. The number of phenolic OH excluding ortho intramolecular Hbond substituents is 1. The van der Waals surface area contributed by atoms with E-state index in [-0.39, 0.29) is 11.7 Å². The molecule has 3 nitrogen and oxygen atoms in total. The fraction of sp³-hybridized carbons (Fsp3) is 0.235. The second kappa shape index (κ2) is 8.00. The predicted octanol–water partition coefficient (Wildman–Crippen LogP) is 3.86. The van der Waals surface area contributed by atoms with Gasteiger partial charge in [0.05, 0.1) is 6.61 Å². The number of rotatable bonds is 5. The number of carbonyl (C=O) groups is 1. The van der Waals surface area contributed by atoms with Crippen molar-refractivity contribution in [2.75, 3.05) is 6.61 Å². The third-order valence-electron chi connectivity index (χ3n) is 2.64. The van der Waals surface area contributed by atoms with Crippen molar-refractivity contribution >= 4 is 11.5 Å². The fourth-order valence-electron chi connectivity index (χ4n) is 1.61. The Hall–Kier alpha value is -2.29. The molecule has 0 saturated heterocycles. The number of phenols is 1. The van der Waals surface area contributed by atoms with Crippen LogP contribution in [0.4, 0.5) is 0 Å². The Labute approximate surface area is 119 Å². The lowest BCUT2D eigenvalue weighted by atomic mass is 10.1. The first kappa shape index (κ1) is 15.8. The van der Waals surface area contributed by atoms with Gasteiger partial charge in [0.1, 0.15) is 5.75 Å². The maximum Gasteiger partial charge on any atom is 0.330 e. The molecule has 3 heteroatoms. The number of esters is 1. The molecule has 0 atom stereocenters. The van der Waals surface area contributed by atoms with Crippen LogP contribution in [0.25, 0.3) is 5.57 Å². The SMILES string of the molecule is CCOC(=O)\C=C(C)/C=C/C=C(\C)c1cccc(O)c1. The van der Waals surface area contributed by atoms with E-state index >= 15 is 0 Å². The molecule has 1 rings (SSSR count). The van der Waals surface area contributed by atoms with E-state index in [2.05, 4.69) is 0 Å². The predicted molar refractivity (Wildman–Crippen MR) is 81.3 cm³/mol. The number of hydrogen-bond donors (Lipinski definition) is 1. The molecule has 0 amide bonds. The summed E-state index contributed by atoms with van der Waals surface area (Å²) in [6.07, 6.45) is 7.09. The van der Waals surface area contributed by atoms with Gasteiger partial charge in [0.2, 0.25) is 0 Å². The zero-order valence-electron chi connectivity index (χ0n) is 12.1. The van der Waals surface area contributed by atoms with Crippen molar-refractivity contribution in [1.29, 1.82) is 0 Å². The molecule has 0 unspecified atom stereocenters. The minimum Gasteiger partial charge on any atom is -0.508 e. The highest BCUT2D eigenvalue weighted by atomic mass is 16.5. The number of aromatic hydroxyl groups is 1. The van der Waals surface area contributed by atoms with Gasteiger partial charge in [0, 0.05) is 6.08 Å². The summed E-state index contributed by atoms with van der Waals surface area (Å²) in [6, 6.07) is 7.08. The zero-order valence-corrected chi connectivity index (χ0v) is 12.1. The monoisotopic (exact) mass is 272 g/mol.